The van der Waals surface area contributed by atoms with E-state index in [-0.39, 0.29) is 0 Å². The Kier molecular flexibility index (Phi) is 4.86. The summed E-state index contributed by atoms with van der Waals surface area (Å²) >= 11 is 7.08. The predicted octanol–water partition coefficient (Wildman–Crippen LogP) is 2.67. The second-order valence-electron chi connectivity index (χ2n) is 2.48. The topological polar surface area (TPSA) is 25.8 Å². The number of hydrogen-bond acceptors (Lipinski definition) is 3. The third-order valence-corrected chi connectivity index (χ3v) is 2.33. The smallest absolute Gasteiger partial charge is 0.187 e. The largest absolute Gasteiger partial charge is 0.231 e. The Balaban J connectivity index is 2.37. The van der Waals surface area contributed by atoms with Gasteiger partial charge in [-0.1, -0.05) is 23.9 Å². The van der Waals surface area contributed by atoms with Crippen LogP contribution in [0.4, 0.5) is 0 Å². The van der Waals surface area contributed by atoms with Crippen LogP contribution in [0, 0.1) is 6.92 Å². The summed E-state index contributed by atoms with van der Waals surface area (Å²) < 4.78 is 0. The highest BCUT2D eigenvalue weighted by molar-refractivity contribution is 7.99. The van der Waals surface area contributed by atoms with Crippen molar-refractivity contribution in [1.29, 1.82) is 0 Å². The van der Waals surface area contributed by atoms with E-state index in [0.717, 1.165) is 16.5 Å². The van der Waals surface area contributed by atoms with Crippen molar-refractivity contribution in [3.05, 3.63) is 30.1 Å². The number of alkyl halides is 1. The van der Waals surface area contributed by atoms with Crippen molar-refractivity contribution in [1.82, 2.24) is 9.97 Å². The quantitative estimate of drug-likeness (QED) is 0.334. The van der Waals surface area contributed by atoms with E-state index in [1.54, 1.807) is 11.8 Å². The summed E-state index contributed by atoms with van der Waals surface area (Å²) in [6, 6.07) is 0. The molecule has 1 rings (SSSR count). The van der Waals surface area contributed by atoms with Crippen molar-refractivity contribution in [3.8, 4) is 0 Å². The number of aromatic nitrogens is 2. The average molecular weight is 215 g/mol. The summed E-state index contributed by atoms with van der Waals surface area (Å²) in [7, 11) is 0. The lowest BCUT2D eigenvalue weighted by molar-refractivity contribution is 0.952. The summed E-state index contributed by atoms with van der Waals surface area (Å²) in [6.07, 6.45) is 7.57. The lowest BCUT2D eigenvalue weighted by Crippen LogP contribution is -1.86. The van der Waals surface area contributed by atoms with Crippen molar-refractivity contribution in [3.63, 3.8) is 0 Å². The minimum atomic E-state index is 0.565. The van der Waals surface area contributed by atoms with Crippen LogP contribution < -0.4 is 0 Å². The number of halogens is 1. The summed E-state index contributed by atoms with van der Waals surface area (Å²) in [5, 5.41) is 0.810. The van der Waals surface area contributed by atoms with E-state index in [0.29, 0.717) is 5.88 Å². The van der Waals surface area contributed by atoms with Crippen LogP contribution in [0.3, 0.4) is 0 Å². The van der Waals surface area contributed by atoms with E-state index in [1.165, 1.54) is 0 Å². The predicted molar refractivity (Wildman–Crippen MR) is 57.4 cm³/mol. The second-order valence-corrected chi connectivity index (χ2v) is 3.78. The standard InChI is InChI=1S/C9H11ClN2S/c1-8-6-11-9(12-7-8)13-5-3-2-4-10/h2-3,6-7H,4-5H2,1H3. The highest BCUT2D eigenvalue weighted by Gasteiger charge is 1.93. The number of thioether (sulfide) groups is 1. The first-order valence-corrected chi connectivity index (χ1v) is 5.47. The third-order valence-electron chi connectivity index (χ3n) is 1.32. The molecule has 0 amide bonds. The Morgan fingerprint density at radius 1 is 1.38 bits per heavy atom. The summed E-state index contributed by atoms with van der Waals surface area (Å²) in [6.45, 7) is 1.97. The minimum absolute atomic E-state index is 0.565. The van der Waals surface area contributed by atoms with E-state index < -0.39 is 0 Å². The maximum absolute atomic E-state index is 5.48. The number of rotatable bonds is 4. The van der Waals surface area contributed by atoms with Crippen molar-refractivity contribution >= 4 is 23.4 Å². The fourth-order valence-electron chi connectivity index (χ4n) is 0.709. The number of hydrogen-bond donors (Lipinski definition) is 0. The molecule has 0 saturated heterocycles. The number of allylic oxidation sites excluding steroid dienone is 1. The molecule has 0 fully saturated rings. The van der Waals surface area contributed by atoms with E-state index in [2.05, 4.69) is 9.97 Å². The fourth-order valence-corrected chi connectivity index (χ4v) is 1.47. The van der Waals surface area contributed by atoms with Crippen LogP contribution in [-0.2, 0) is 0 Å². The molecule has 0 bridgehead atoms. The van der Waals surface area contributed by atoms with Gasteiger partial charge in [-0.3, -0.25) is 0 Å². The Labute approximate surface area is 87.4 Å². The molecular formula is C9H11ClN2S. The van der Waals surface area contributed by atoms with Gasteiger partial charge in [-0.05, 0) is 12.5 Å². The number of nitrogens with zero attached hydrogens (tertiary/aromatic N) is 2. The molecule has 0 N–H and O–H groups in total. The monoisotopic (exact) mass is 214 g/mol. The molecule has 4 heteroatoms. The van der Waals surface area contributed by atoms with E-state index in [9.17, 15) is 0 Å². The van der Waals surface area contributed by atoms with Gasteiger partial charge in [-0.2, -0.15) is 0 Å². The molecule has 0 aliphatic carbocycles. The summed E-state index contributed by atoms with van der Waals surface area (Å²) in [5.74, 6) is 1.44. The van der Waals surface area contributed by atoms with Crippen LogP contribution in [0.15, 0.2) is 29.7 Å². The lowest BCUT2D eigenvalue weighted by atomic mass is 10.4. The van der Waals surface area contributed by atoms with Gasteiger partial charge in [0, 0.05) is 24.0 Å². The second kappa shape index (κ2) is 6.00. The Morgan fingerprint density at radius 2 is 2.08 bits per heavy atom. The SMILES string of the molecule is Cc1cnc(SCC=CCCl)nc1. The maximum atomic E-state index is 5.48. The van der Waals surface area contributed by atoms with Gasteiger partial charge in [0.25, 0.3) is 0 Å². The molecule has 1 aromatic rings. The van der Waals surface area contributed by atoms with Crippen molar-refractivity contribution < 1.29 is 0 Å². The van der Waals surface area contributed by atoms with Gasteiger partial charge in [0.15, 0.2) is 5.16 Å². The van der Waals surface area contributed by atoms with Gasteiger partial charge >= 0.3 is 0 Å². The molecule has 0 unspecified atom stereocenters. The van der Waals surface area contributed by atoms with E-state index >= 15 is 0 Å². The average Bonchev–Trinajstić information content (AvgIpc) is 2.15. The van der Waals surface area contributed by atoms with Crippen molar-refractivity contribution in [2.75, 3.05) is 11.6 Å². The van der Waals surface area contributed by atoms with Crippen LogP contribution in [-0.4, -0.2) is 21.6 Å². The van der Waals surface area contributed by atoms with Crippen LogP contribution in [0.2, 0.25) is 0 Å². The highest BCUT2D eigenvalue weighted by atomic mass is 35.5. The molecule has 0 aliphatic rings. The Hall–Kier alpha value is -0.540. The first-order chi connectivity index (χ1) is 6.33. The van der Waals surface area contributed by atoms with Crippen molar-refractivity contribution in [2.24, 2.45) is 0 Å². The molecule has 2 nitrogen and oxygen atoms in total. The van der Waals surface area contributed by atoms with E-state index in [4.69, 9.17) is 11.6 Å². The zero-order valence-electron chi connectivity index (χ0n) is 7.40. The first-order valence-electron chi connectivity index (χ1n) is 3.95. The van der Waals surface area contributed by atoms with Gasteiger partial charge in [-0.25, -0.2) is 9.97 Å². The molecule has 13 heavy (non-hydrogen) atoms. The van der Waals surface area contributed by atoms with Crippen LogP contribution in [0.1, 0.15) is 5.56 Å². The molecule has 0 aliphatic heterocycles. The van der Waals surface area contributed by atoms with Gasteiger partial charge in [0.1, 0.15) is 0 Å². The Bertz CT molecular complexity index is 271. The first kappa shape index (κ1) is 10.5. The lowest BCUT2D eigenvalue weighted by Gasteiger charge is -1.95. The summed E-state index contributed by atoms with van der Waals surface area (Å²) in [4.78, 5) is 8.32. The molecule has 1 heterocycles. The molecule has 0 radical (unpaired) electrons. The zero-order valence-corrected chi connectivity index (χ0v) is 8.98. The normalized spacial score (nSPS) is 10.9. The molecule has 0 saturated carbocycles. The zero-order chi connectivity index (χ0) is 9.52. The molecule has 0 aromatic carbocycles. The molecule has 70 valence electrons. The molecule has 1 aromatic heterocycles. The molecular weight excluding hydrogens is 204 g/mol. The molecule has 0 atom stereocenters. The van der Waals surface area contributed by atoms with Crippen molar-refractivity contribution in [2.45, 2.75) is 12.1 Å². The maximum Gasteiger partial charge on any atom is 0.187 e. The molecule has 0 spiro atoms. The van der Waals surface area contributed by atoms with Gasteiger partial charge in [0.05, 0.1) is 0 Å². The van der Waals surface area contributed by atoms with Crippen LogP contribution >= 0.6 is 23.4 Å². The van der Waals surface area contributed by atoms with E-state index in [1.807, 2.05) is 31.5 Å². The summed E-state index contributed by atoms with van der Waals surface area (Å²) in [5.41, 5.74) is 1.08. The Morgan fingerprint density at radius 3 is 2.69 bits per heavy atom. The highest BCUT2D eigenvalue weighted by Crippen LogP contribution is 2.11. The van der Waals surface area contributed by atoms with Gasteiger partial charge in [-0.15, -0.1) is 11.6 Å². The van der Waals surface area contributed by atoms with Crippen LogP contribution in [0.5, 0.6) is 0 Å². The van der Waals surface area contributed by atoms with Gasteiger partial charge < -0.3 is 0 Å². The fraction of sp³-hybridized carbons (Fsp3) is 0.333. The van der Waals surface area contributed by atoms with Gasteiger partial charge in [0.2, 0.25) is 0 Å². The minimum Gasteiger partial charge on any atom is -0.231 e. The van der Waals surface area contributed by atoms with Crippen LogP contribution in [0.25, 0.3) is 0 Å². The number of aryl methyl sites for hydroxylation is 1. The third kappa shape index (κ3) is 4.29.